The molecule has 1 aliphatic heterocycles. The Kier molecular flexibility index (Phi) is 5.22. The molecule has 7 heteroatoms. The Hall–Kier alpha value is -1.44. The summed E-state index contributed by atoms with van der Waals surface area (Å²) in [6.07, 6.45) is 3.87. The molecule has 1 aromatic rings. The second-order valence-corrected chi connectivity index (χ2v) is 7.64. The van der Waals surface area contributed by atoms with E-state index in [-0.39, 0.29) is 5.91 Å². The first-order chi connectivity index (χ1) is 11.4. The number of piperazine rings is 1. The molecule has 2 aliphatic rings. The van der Waals surface area contributed by atoms with Crippen LogP contribution in [0.5, 0.6) is 0 Å². The minimum absolute atomic E-state index is 0.146. The van der Waals surface area contributed by atoms with E-state index in [2.05, 4.69) is 20.1 Å². The Bertz CT molecular complexity index is 554. The van der Waals surface area contributed by atoms with Crippen molar-refractivity contribution < 1.29 is 14.3 Å². The van der Waals surface area contributed by atoms with Crippen molar-refractivity contribution in [1.29, 1.82) is 0 Å². The van der Waals surface area contributed by atoms with E-state index >= 15 is 0 Å². The Morgan fingerprint density at radius 2 is 2.00 bits per heavy atom. The van der Waals surface area contributed by atoms with Crippen LogP contribution in [-0.4, -0.2) is 70.7 Å². The van der Waals surface area contributed by atoms with Crippen LogP contribution >= 0.6 is 0 Å². The molecule has 0 bridgehead atoms. The van der Waals surface area contributed by atoms with E-state index in [1.165, 1.54) is 19.1 Å². The number of carbonyl (C=O) groups is 1. The molecule has 0 atom stereocenters. The molecule has 2 N–H and O–H groups in total. The lowest BCUT2D eigenvalue weighted by Crippen LogP contribution is -2.50. The van der Waals surface area contributed by atoms with Crippen molar-refractivity contribution in [2.24, 2.45) is 5.92 Å². The Morgan fingerprint density at radius 3 is 2.62 bits per heavy atom. The van der Waals surface area contributed by atoms with Crippen molar-refractivity contribution in [3.05, 3.63) is 17.8 Å². The quantitative estimate of drug-likeness (QED) is 0.763. The predicted molar refractivity (Wildman–Crippen MR) is 89.6 cm³/mol. The van der Waals surface area contributed by atoms with Crippen LogP contribution < -0.4 is 5.32 Å². The number of nitrogens with one attached hydrogen (secondary N) is 1. The monoisotopic (exact) mass is 336 g/mol. The summed E-state index contributed by atoms with van der Waals surface area (Å²) >= 11 is 0. The standard InChI is InChI=1S/C17H28N4O3/c1-17(2,23)12-21-7-5-20(6-8-21)10-15-19-14(11-24-15)16(22)18-9-13-3-4-13/h11,13,23H,3-10,12H2,1-2H3,(H,18,22). The minimum atomic E-state index is -0.659. The maximum absolute atomic E-state index is 12.0. The Morgan fingerprint density at radius 1 is 1.33 bits per heavy atom. The SMILES string of the molecule is CC(C)(O)CN1CCN(Cc2nc(C(=O)NCC3CC3)co2)CC1. The van der Waals surface area contributed by atoms with Gasteiger partial charge in [0.1, 0.15) is 6.26 Å². The third-order valence-electron chi connectivity index (χ3n) is 4.47. The van der Waals surface area contributed by atoms with E-state index in [1.807, 2.05) is 13.8 Å². The summed E-state index contributed by atoms with van der Waals surface area (Å²) in [6, 6.07) is 0. The van der Waals surface area contributed by atoms with Crippen LogP contribution in [0.2, 0.25) is 0 Å². The molecule has 1 aromatic heterocycles. The van der Waals surface area contributed by atoms with Gasteiger partial charge in [-0.05, 0) is 32.6 Å². The first-order valence-corrected chi connectivity index (χ1v) is 8.79. The largest absolute Gasteiger partial charge is 0.447 e. The highest BCUT2D eigenvalue weighted by Crippen LogP contribution is 2.27. The van der Waals surface area contributed by atoms with Crippen molar-refractivity contribution >= 4 is 5.91 Å². The molecule has 0 radical (unpaired) electrons. The second kappa shape index (κ2) is 7.21. The predicted octanol–water partition coefficient (Wildman–Crippen LogP) is 0.703. The fraction of sp³-hybridized carbons (Fsp3) is 0.765. The van der Waals surface area contributed by atoms with Crippen LogP contribution in [0.3, 0.4) is 0 Å². The molecule has 3 rings (SSSR count). The first-order valence-electron chi connectivity index (χ1n) is 8.79. The lowest BCUT2D eigenvalue weighted by atomic mass is 10.1. The van der Waals surface area contributed by atoms with Crippen LogP contribution in [0.15, 0.2) is 10.7 Å². The van der Waals surface area contributed by atoms with Gasteiger partial charge in [-0.3, -0.25) is 14.6 Å². The number of aliphatic hydroxyl groups is 1. The zero-order chi connectivity index (χ0) is 17.2. The van der Waals surface area contributed by atoms with Crippen LogP contribution in [0.25, 0.3) is 0 Å². The third-order valence-corrected chi connectivity index (χ3v) is 4.47. The number of rotatable bonds is 7. The van der Waals surface area contributed by atoms with Crippen molar-refractivity contribution in [1.82, 2.24) is 20.1 Å². The lowest BCUT2D eigenvalue weighted by Gasteiger charge is -2.36. The lowest BCUT2D eigenvalue weighted by molar-refractivity contribution is 0.0156. The third kappa shape index (κ3) is 5.29. The van der Waals surface area contributed by atoms with Gasteiger partial charge in [-0.25, -0.2) is 4.98 Å². The molecule has 7 nitrogen and oxygen atoms in total. The van der Waals surface area contributed by atoms with Crippen LogP contribution in [-0.2, 0) is 6.54 Å². The molecule has 1 amide bonds. The van der Waals surface area contributed by atoms with Gasteiger partial charge in [0.05, 0.1) is 12.1 Å². The second-order valence-electron chi connectivity index (χ2n) is 7.64. The number of oxazole rings is 1. The fourth-order valence-corrected chi connectivity index (χ4v) is 2.98. The smallest absolute Gasteiger partial charge is 0.273 e. The highest BCUT2D eigenvalue weighted by atomic mass is 16.3. The van der Waals surface area contributed by atoms with Crippen molar-refractivity contribution in [3.8, 4) is 0 Å². The summed E-state index contributed by atoms with van der Waals surface area (Å²) in [5.74, 6) is 1.09. The van der Waals surface area contributed by atoms with Gasteiger partial charge in [0.25, 0.3) is 5.91 Å². The van der Waals surface area contributed by atoms with Gasteiger partial charge in [-0.1, -0.05) is 0 Å². The number of hydrogen-bond donors (Lipinski definition) is 2. The van der Waals surface area contributed by atoms with E-state index in [0.29, 0.717) is 30.6 Å². The van der Waals surface area contributed by atoms with Crippen molar-refractivity contribution in [2.75, 3.05) is 39.3 Å². The number of aromatic nitrogens is 1. The van der Waals surface area contributed by atoms with Gasteiger partial charge >= 0.3 is 0 Å². The molecule has 1 aliphatic carbocycles. The highest BCUT2D eigenvalue weighted by Gasteiger charge is 2.25. The number of nitrogens with zero attached hydrogens (tertiary/aromatic N) is 3. The number of β-amino-alcohol motifs (C(OH)–C–C–N with tert-alkyl or cyclic N) is 1. The molecule has 2 heterocycles. The van der Waals surface area contributed by atoms with Crippen LogP contribution in [0.4, 0.5) is 0 Å². The highest BCUT2D eigenvalue weighted by molar-refractivity contribution is 5.91. The summed E-state index contributed by atoms with van der Waals surface area (Å²) in [6.45, 7) is 9.35. The molecule has 1 saturated carbocycles. The average Bonchev–Trinajstić information content (AvgIpc) is 3.23. The number of hydrogen-bond acceptors (Lipinski definition) is 6. The summed E-state index contributed by atoms with van der Waals surface area (Å²) in [5, 5.41) is 12.8. The van der Waals surface area contributed by atoms with E-state index in [1.54, 1.807) is 0 Å². The van der Waals surface area contributed by atoms with Crippen molar-refractivity contribution in [3.63, 3.8) is 0 Å². The summed E-state index contributed by atoms with van der Waals surface area (Å²) in [4.78, 5) is 20.8. The van der Waals surface area contributed by atoms with E-state index < -0.39 is 5.60 Å². The summed E-state index contributed by atoms with van der Waals surface area (Å²) in [7, 11) is 0. The molecule has 2 fully saturated rings. The number of amides is 1. The summed E-state index contributed by atoms with van der Waals surface area (Å²) in [5.41, 5.74) is -0.292. The molecule has 1 saturated heterocycles. The maximum atomic E-state index is 12.0. The van der Waals surface area contributed by atoms with Gasteiger partial charge in [0, 0.05) is 39.3 Å². The minimum Gasteiger partial charge on any atom is -0.447 e. The van der Waals surface area contributed by atoms with Crippen molar-refractivity contribution in [2.45, 2.75) is 38.8 Å². The molecule has 0 spiro atoms. The normalized spacial score (nSPS) is 20.3. The fourth-order valence-electron chi connectivity index (χ4n) is 2.98. The molecule has 0 unspecified atom stereocenters. The van der Waals surface area contributed by atoms with E-state index in [0.717, 1.165) is 32.7 Å². The van der Waals surface area contributed by atoms with Gasteiger partial charge in [0.15, 0.2) is 5.69 Å². The van der Waals surface area contributed by atoms with Gasteiger partial charge in [-0.15, -0.1) is 0 Å². The number of carbonyl (C=O) groups excluding carboxylic acids is 1. The van der Waals surface area contributed by atoms with E-state index in [4.69, 9.17) is 4.42 Å². The maximum Gasteiger partial charge on any atom is 0.273 e. The Balaban J connectivity index is 1.43. The van der Waals surface area contributed by atoms with Gasteiger partial charge < -0.3 is 14.8 Å². The molecular formula is C17H28N4O3. The summed E-state index contributed by atoms with van der Waals surface area (Å²) < 4.78 is 5.45. The average molecular weight is 336 g/mol. The molecular weight excluding hydrogens is 308 g/mol. The van der Waals surface area contributed by atoms with Gasteiger partial charge in [-0.2, -0.15) is 0 Å². The molecule has 134 valence electrons. The van der Waals surface area contributed by atoms with Crippen LogP contribution in [0, 0.1) is 5.92 Å². The van der Waals surface area contributed by atoms with Gasteiger partial charge in [0.2, 0.25) is 5.89 Å². The zero-order valence-electron chi connectivity index (χ0n) is 14.6. The zero-order valence-corrected chi connectivity index (χ0v) is 14.6. The Labute approximate surface area is 143 Å². The molecule has 24 heavy (non-hydrogen) atoms. The first kappa shape index (κ1) is 17.4. The van der Waals surface area contributed by atoms with E-state index in [9.17, 15) is 9.90 Å². The molecule has 0 aromatic carbocycles. The topological polar surface area (TPSA) is 81.8 Å². The van der Waals surface area contributed by atoms with Crippen LogP contribution in [0.1, 0.15) is 43.1 Å².